The third-order valence-corrected chi connectivity index (χ3v) is 9.91. The molecule has 196 valence electrons. The van der Waals surface area contributed by atoms with E-state index in [0.29, 0.717) is 5.92 Å². The third-order valence-electron chi connectivity index (χ3n) is 9.91. The van der Waals surface area contributed by atoms with E-state index in [1.807, 2.05) is 6.20 Å². The Kier molecular flexibility index (Phi) is 4.83. The van der Waals surface area contributed by atoms with Crippen molar-refractivity contribution >= 4 is 21.5 Å². The molecule has 0 saturated carbocycles. The molecule has 0 atom stereocenters. The normalized spacial score (nSPS) is 15.9. The summed E-state index contributed by atoms with van der Waals surface area (Å²) in [5, 5.41) is 5.19. The molecule has 2 aliphatic rings. The molecule has 5 aromatic rings. The molecule has 2 aliphatic carbocycles. The number of hydrogen-bond acceptors (Lipinski definition) is 2. The molecular weight excluding hydrogens is 474 g/mol. The zero-order chi connectivity index (χ0) is 27.6. The summed E-state index contributed by atoms with van der Waals surface area (Å²) in [4.78, 5) is 4.96. The zero-order valence-corrected chi connectivity index (χ0v) is 24.6. The molecule has 1 aromatic heterocycles. The van der Waals surface area contributed by atoms with E-state index in [1.165, 1.54) is 77.2 Å². The molecule has 0 spiro atoms. The minimum atomic E-state index is -0.109. The Morgan fingerprint density at radius 3 is 2.08 bits per heavy atom. The molecule has 39 heavy (non-hydrogen) atoms. The van der Waals surface area contributed by atoms with Crippen molar-refractivity contribution < 1.29 is 4.74 Å². The van der Waals surface area contributed by atoms with Gasteiger partial charge in [0.25, 0.3) is 0 Å². The first kappa shape index (κ1) is 24.4. The van der Waals surface area contributed by atoms with Gasteiger partial charge in [0.2, 0.25) is 0 Å². The van der Waals surface area contributed by atoms with Crippen molar-refractivity contribution in [1.29, 1.82) is 0 Å². The Hall–Kier alpha value is -3.65. The highest BCUT2D eigenvalue weighted by Crippen LogP contribution is 2.63. The van der Waals surface area contributed by atoms with Gasteiger partial charge in [0.05, 0.1) is 12.8 Å². The van der Waals surface area contributed by atoms with Crippen LogP contribution in [0.1, 0.15) is 86.4 Å². The minimum Gasteiger partial charge on any atom is -0.497 e. The van der Waals surface area contributed by atoms with Gasteiger partial charge in [-0.3, -0.25) is 4.98 Å². The van der Waals surface area contributed by atoms with Gasteiger partial charge in [0, 0.05) is 28.0 Å². The van der Waals surface area contributed by atoms with Crippen LogP contribution in [0.5, 0.6) is 5.75 Å². The molecule has 1 heterocycles. The maximum absolute atomic E-state index is 5.79. The molecule has 0 saturated heterocycles. The molecule has 0 fully saturated rings. The van der Waals surface area contributed by atoms with Gasteiger partial charge in [-0.1, -0.05) is 53.7 Å². The summed E-state index contributed by atoms with van der Waals surface area (Å²) in [5.74, 6) is 1.43. The summed E-state index contributed by atoms with van der Waals surface area (Å²) in [6.07, 6.45) is 2.00. The molecule has 0 bridgehead atoms. The first-order valence-electron chi connectivity index (χ1n) is 14.2. The van der Waals surface area contributed by atoms with Gasteiger partial charge in [0.15, 0.2) is 0 Å². The van der Waals surface area contributed by atoms with Crippen LogP contribution in [-0.2, 0) is 10.8 Å². The number of methoxy groups -OCH3 is 1. The number of pyridine rings is 1. The zero-order valence-electron chi connectivity index (χ0n) is 24.6. The maximum Gasteiger partial charge on any atom is 0.119 e. The fourth-order valence-corrected chi connectivity index (χ4v) is 7.66. The predicted molar refractivity (Wildman–Crippen MR) is 164 cm³/mol. The Morgan fingerprint density at radius 2 is 1.38 bits per heavy atom. The molecule has 0 aliphatic heterocycles. The van der Waals surface area contributed by atoms with E-state index < -0.39 is 0 Å². The van der Waals surface area contributed by atoms with Gasteiger partial charge in [-0.25, -0.2) is 0 Å². The van der Waals surface area contributed by atoms with Crippen molar-refractivity contribution in [2.24, 2.45) is 0 Å². The maximum atomic E-state index is 5.79. The number of hydrogen-bond donors (Lipinski definition) is 0. The number of fused-ring (bicyclic) bond motifs is 4. The lowest BCUT2D eigenvalue weighted by Crippen LogP contribution is -2.22. The molecule has 0 amide bonds. The van der Waals surface area contributed by atoms with Crippen LogP contribution in [0.15, 0.2) is 54.7 Å². The van der Waals surface area contributed by atoms with Crippen LogP contribution in [0.25, 0.3) is 43.9 Å². The van der Waals surface area contributed by atoms with E-state index in [2.05, 4.69) is 104 Å². The lowest BCUT2D eigenvalue weighted by Gasteiger charge is -2.30. The lowest BCUT2D eigenvalue weighted by molar-refractivity contribution is 0.412. The topological polar surface area (TPSA) is 22.1 Å². The highest BCUT2D eigenvalue weighted by molar-refractivity contribution is 6.15. The highest BCUT2D eigenvalue weighted by atomic mass is 16.5. The predicted octanol–water partition coefficient (Wildman–Crippen LogP) is 9.75. The van der Waals surface area contributed by atoms with E-state index in [0.717, 1.165) is 11.4 Å². The molecular formula is C37H37NO. The minimum absolute atomic E-state index is 0.0916. The molecule has 0 radical (unpaired) electrons. The number of aromatic nitrogens is 1. The van der Waals surface area contributed by atoms with Crippen LogP contribution in [0.2, 0.25) is 0 Å². The molecule has 0 N–H and O–H groups in total. The number of ether oxygens (including phenoxy) is 1. The third kappa shape index (κ3) is 3.01. The van der Waals surface area contributed by atoms with Crippen LogP contribution in [0.4, 0.5) is 0 Å². The van der Waals surface area contributed by atoms with E-state index in [1.54, 1.807) is 7.11 Å². The Morgan fingerprint density at radius 1 is 0.718 bits per heavy atom. The van der Waals surface area contributed by atoms with Crippen LogP contribution in [-0.4, -0.2) is 12.1 Å². The summed E-state index contributed by atoms with van der Waals surface area (Å²) >= 11 is 0. The Balaban J connectivity index is 1.56. The van der Waals surface area contributed by atoms with Gasteiger partial charge in [-0.05, 0) is 122 Å². The van der Waals surface area contributed by atoms with E-state index in [-0.39, 0.29) is 10.8 Å². The van der Waals surface area contributed by atoms with Crippen LogP contribution < -0.4 is 4.74 Å². The van der Waals surface area contributed by atoms with Gasteiger partial charge < -0.3 is 4.74 Å². The molecule has 4 aromatic carbocycles. The molecule has 0 unspecified atom stereocenters. The summed E-state index contributed by atoms with van der Waals surface area (Å²) < 4.78 is 5.79. The van der Waals surface area contributed by atoms with Crippen molar-refractivity contribution in [2.75, 3.05) is 7.11 Å². The first-order chi connectivity index (χ1) is 18.5. The number of rotatable bonds is 3. The van der Waals surface area contributed by atoms with E-state index in [9.17, 15) is 0 Å². The van der Waals surface area contributed by atoms with Crippen LogP contribution in [0.3, 0.4) is 0 Å². The van der Waals surface area contributed by atoms with E-state index in [4.69, 9.17) is 9.72 Å². The summed E-state index contributed by atoms with van der Waals surface area (Å²) in [6, 6.07) is 18.6. The first-order valence-corrected chi connectivity index (χ1v) is 14.2. The van der Waals surface area contributed by atoms with Gasteiger partial charge in [-0.2, -0.15) is 0 Å². The van der Waals surface area contributed by atoms with E-state index >= 15 is 0 Å². The van der Waals surface area contributed by atoms with Crippen LogP contribution in [0, 0.1) is 13.8 Å². The average Bonchev–Trinajstić information content (AvgIpc) is 3.28. The van der Waals surface area contributed by atoms with Gasteiger partial charge >= 0.3 is 0 Å². The average molecular weight is 512 g/mol. The summed E-state index contributed by atoms with van der Waals surface area (Å²) in [5.41, 5.74) is 14.7. The molecule has 2 heteroatoms. The fourth-order valence-electron chi connectivity index (χ4n) is 7.66. The van der Waals surface area contributed by atoms with Crippen molar-refractivity contribution in [1.82, 2.24) is 4.98 Å². The monoisotopic (exact) mass is 511 g/mol. The summed E-state index contributed by atoms with van der Waals surface area (Å²) in [6.45, 7) is 18.5. The second-order valence-corrected chi connectivity index (χ2v) is 13.1. The van der Waals surface area contributed by atoms with Gasteiger partial charge in [0.1, 0.15) is 5.75 Å². The quantitative estimate of drug-likeness (QED) is 0.225. The standard InChI is InChI=1S/C37H37NO/c1-19(2)27-15-22(14-20(3)21(27)4)35-26-11-10-25-28(24(26)12-13-38-35)18-31-33-32-29(36(31,5)6)16-23(39-9)17-30(32)37(7,8)34(25)33/h10-19H,1-9H3. The molecule has 2 nitrogen and oxygen atoms in total. The molecule has 7 rings (SSSR count). The SMILES string of the molecule is COc1cc2c3c(c1)C(C)(C)c1c-3c(cc3c1ccc1c(-c4cc(C)c(C)c(C(C)C)c4)nccc13)C2(C)C. The number of benzene rings is 4. The van der Waals surface area contributed by atoms with Crippen molar-refractivity contribution in [3.63, 3.8) is 0 Å². The fraction of sp³-hybridized carbons (Fsp3) is 0.324. The number of nitrogens with zero attached hydrogens (tertiary/aromatic N) is 1. The van der Waals surface area contributed by atoms with Crippen molar-refractivity contribution in [2.45, 2.75) is 72.1 Å². The second kappa shape index (κ2) is 7.72. The van der Waals surface area contributed by atoms with Crippen molar-refractivity contribution in [3.05, 3.63) is 93.7 Å². The Bertz CT molecular complexity index is 1890. The van der Waals surface area contributed by atoms with Crippen LogP contribution >= 0.6 is 0 Å². The highest BCUT2D eigenvalue weighted by Gasteiger charge is 2.48. The smallest absolute Gasteiger partial charge is 0.119 e. The number of aryl methyl sites for hydroxylation is 1. The largest absolute Gasteiger partial charge is 0.497 e. The lowest BCUT2D eigenvalue weighted by atomic mass is 9.73. The van der Waals surface area contributed by atoms with Crippen molar-refractivity contribution in [3.8, 4) is 28.1 Å². The summed E-state index contributed by atoms with van der Waals surface area (Å²) in [7, 11) is 1.78. The Labute approximate surface area is 232 Å². The van der Waals surface area contributed by atoms with Gasteiger partial charge in [-0.15, -0.1) is 0 Å². The second-order valence-electron chi connectivity index (χ2n) is 13.1.